The van der Waals surface area contributed by atoms with Crippen LogP contribution in [0.3, 0.4) is 0 Å². The highest BCUT2D eigenvalue weighted by molar-refractivity contribution is 7.17. The molecule has 0 unspecified atom stereocenters. The molecule has 0 saturated carbocycles. The summed E-state index contributed by atoms with van der Waals surface area (Å²) >= 11 is 1.25. The van der Waals surface area contributed by atoms with Crippen LogP contribution in [0.25, 0.3) is 10.2 Å². The zero-order valence-corrected chi connectivity index (χ0v) is 11.3. The number of fused-ring (bicyclic) bond motifs is 1. The third-order valence-corrected chi connectivity index (χ3v) is 3.92. The van der Waals surface area contributed by atoms with E-state index in [2.05, 4.69) is 4.98 Å². The molecule has 2 heterocycles. The fourth-order valence-electron chi connectivity index (χ4n) is 2.00. The number of nitro benzene ring substituents is 1. The Bertz CT molecular complexity index is 903. The second kappa shape index (κ2) is 5.06. The Hall–Kier alpha value is -2.61. The summed E-state index contributed by atoms with van der Waals surface area (Å²) in [7, 11) is 0. The number of benzene rings is 1. The van der Waals surface area contributed by atoms with Crippen molar-refractivity contribution >= 4 is 27.2 Å². The van der Waals surface area contributed by atoms with E-state index < -0.39 is 16.4 Å². The summed E-state index contributed by atoms with van der Waals surface area (Å²) in [5.74, 6) is -0.930. The van der Waals surface area contributed by atoms with Crippen LogP contribution in [0.4, 0.5) is 10.1 Å². The van der Waals surface area contributed by atoms with Crippen molar-refractivity contribution < 1.29 is 9.31 Å². The van der Waals surface area contributed by atoms with E-state index in [1.807, 2.05) is 0 Å². The molecule has 106 valence electrons. The molecular formula is C13H8FN3O3S. The van der Waals surface area contributed by atoms with Crippen LogP contribution < -0.4 is 5.56 Å². The lowest BCUT2D eigenvalue weighted by atomic mass is 10.2. The van der Waals surface area contributed by atoms with Gasteiger partial charge in [0.25, 0.3) is 5.56 Å². The van der Waals surface area contributed by atoms with Crippen LogP contribution in [0.5, 0.6) is 0 Å². The summed E-state index contributed by atoms with van der Waals surface area (Å²) in [5, 5.41) is 12.5. The van der Waals surface area contributed by atoms with Crippen molar-refractivity contribution in [3.63, 3.8) is 0 Å². The van der Waals surface area contributed by atoms with Gasteiger partial charge in [-0.25, -0.2) is 4.98 Å². The first-order valence-electron chi connectivity index (χ1n) is 5.92. The van der Waals surface area contributed by atoms with Gasteiger partial charge in [-0.15, -0.1) is 11.3 Å². The molecule has 0 spiro atoms. The maximum Gasteiger partial charge on any atom is 0.305 e. The molecule has 8 heteroatoms. The average Bonchev–Trinajstić information content (AvgIpc) is 2.93. The Labute approximate surface area is 121 Å². The first-order valence-corrected chi connectivity index (χ1v) is 6.80. The Kier molecular flexibility index (Phi) is 3.22. The average molecular weight is 305 g/mol. The zero-order valence-electron chi connectivity index (χ0n) is 10.5. The van der Waals surface area contributed by atoms with Crippen LogP contribution >= 0.6 is 11.3 Å². The van der Waals surface area contributed by atoms with Gasteiger partial charge in [0.2, 0.25) is 5.82 Å². The molecule has 2 aromatic heterocycles. The lowest BCUT2D eigenvalue weighted by molar-refractivity contribution is -0.387. The van der Waals surface area contributed by atoms with Crippen LogP contribution in [-0.2, 0) is 6.54 Å². The number of halogens is 1. The van der Waals surface area contributed by atoms with Crippen LogP contribution in [-0.4, -0.2) is 14.5 Å². The number of hydrogen-bond donors (Lipinski definition) is 0. The Balaban J connectivity index is 2.07. The molecule has 0 radical (unpaired) electrons. The lowest BCUT2D eigenvalue weighted by Crippen LogP contribution is -2.20. The third-order valence-electron chi connectivity index (χ3n) is 3.03. The van der Waals surface area contributed by atoms with E-state index >= 15 is 0 Å². The molecule has 3 aromatic rings. The number of thiophene rings is 1. The summed E-state index contributed by atoms with van der Waals surface area (Å²) in [6, 6.07) is 5.61. The van der Waals surface area contributed by atoms with E-state index in [0.29, 0.717) is 10.2 Å². The topological polar surface area (TPSA) is 78.0 Å². The van der Waals surface area contributed by atoms with Gasteiger partial charge in [0.05, 0.1) is 23.3 Å². The molecule has 0 amide bonds. The van der Waals surface area contributed by atoms with Gasteiger partial charge in [-0.2, -0.15) is 4.39 Å². The number of hydrogen-bond acceptors (Lipinski definition) is 5. The van der Waals surface area contributed by atoms with Crippen LogP contribution in [0.1, 0.15) is 5.56 Å². The van der Waals surface area contributed by atoms with Crippen molar-refractivity contribution in [2.45, 2.75) is 6.54 Å². The van der Waals surface area contributed by atoms with Gasteiger partial charge in [-0.1, -0.05) is 12.1 Å². The van der Waals surface area contributed by atoms with E-state index in [1.165, 1.54) is 34.4 Å². The van der Waals surface area contributed by atoms with Gasteiger partial charge >= 0.3 is 5.69 Å². The second-order valence-corrected chi connectivity index (χ2v) is 5.24. The normalized spacial score (nSPS) is 10.9. The van der Waals surface area contributed by atoms with E-state index in [-0.39, 0.29) is 17.7 Å². The maximum atomic E-state index is 14.0. The summed E-state index contributed by atoms with van der Waals surface area (Å²) < 4.78 is 15.7. The Morgan fingerprint density at radius 1 is 1.38 bits per heavy atom. The van der Waals surface area contributed by atoms with Crippen LogP contribution in [0.2, 0.25) is 0 Å². The summed E-state index contributed by atoms with van der Waals surface area (Å²) in [4.78, 5) is 26.2. The van der Waals surface area contributed by atoms with Crippen molar-refractivity contribution in [1.82, 2.24) is 9.55 Å². The fourth-order valence-corrected chi connectivity index (χ4v) is 2.80. The molecule has 21 heavy (non-hydrogen) atoms. The van der Waals surface area contributed by atoms with Gasteiger partial charge in [-0.3, -0.25) is 19.5 Å². The number of nitrogens with zero attached hydrogens (tertiary/aromatic N) is 3. The fraction of sp³-hybridized carbons (Fsp3) is 0.0769. The highest BCUT2D eigenvalue weighted by Crippen LogP contribution is 2.21. The molecule has 0 atom stereocenters. The first kappa shape index (κ1) is 13.4. The summed E-state index contributed by atoms with van der Waals surface area (Å²) in [5.41, 5.74) is -0.239. The van der Waals surface area contributed by atoms with Gasteiger partial charge in [0.1, 0.15) is 4.70 Å². The molecule has 0 aliphatic rings. The Morgan fingerprint density at radius 2 is 2.19 bits per heavy atom. The number of aromatic nitrogens is 2. The lowest BCUT2D eigenvalue weighted by Gasteiger charge is -2.06. The molecule has 0 aliphatic heterocycles. The second-order valence-electron chi connectivity index (χ2n) is 4.32. The van der Waals surface area contributed by atoms with E-state index in [9.17, 15) is 19.3 Å². The standard InChI is InChI=1S/C13H8FN3O3S/c14-11-8(2-1-3-10(11)17(19)20)6-16-7-15-9-4-5-21-12(9)13(16)18/h1-5,7H,6H2. The van der Waals surface area contributed by atoms with Crippen molar-refractivity contribution in [2.75, 3.05) is 0 Å². The molecule has 1 aromatic carbocycles. The Morgan fingerprint density at radius 3 is 2.95 bits per heavy atom. The molecule has 0 bridgehead atoms. The van der Waals surface area contributed by atoms with E-state index in [4.69, 9.17) is 0 Å². The predicted molar refractivity (Wildman–Crippen MR) is 76.0 cm³/mol. The number of nitro groups is 1. The monoisotopic (exact) mass is 305 g/mol. The third kappa shape index (κ3) is 2.29. The van der Waals surface area contributed by atoms with E-state index in [1.54, 1.807) is 11.4 Å². The van der Waals surface area contributed by atoms with Gasteiger partial charge in [-0.05, 0) is 11.4 Å². The van der Waals surface area contributed by atoms with E-state index in [0.717, 1.165) is 6.07 Å². The molecule has 0 aliphatic carbocycles. The first-order chi connectivity index (χ1) is 10.1. The van der Waals surface area contributed by atoms with Gasteiger partial charge in [0, 0.05) is 11.6 Å². The van der Waals surface area contributed by atoms with Crippen molar-refractivity contribution in [2.24, 2.45) is 0 Å². The SMILES string of the molecule is O=c1c2sccc2ncn1Cc1cccc([N+](=O)[O-])c1F. The predicted octanol–water partition coefficient (Wildman–Crippen LogP) is 2.55. The molecule has 0 N–H and O–H groups in total. The largest absolute Gasteiger partial charge is 0.305 e. The van der Waals surface area contributed by atoms with Gasteiger partial charge < -0.3 is 0 Å². The molecule has 6 nitrogen and oxygen atoms in total. The highest BCUT2D eigenvalue weighted by atomic mass is 32.1. The van der Waals surface area contributed by atoms with Crippen molar-refractivity contribution in [3.8, 4) is 0 Å². The minimum Gasteiger partial charge on any atom is -0.293 e. The van der Waals surface area contributed by atoms with Crippen LogP contribution in [0, 0.1) is 15.9 Å². The summed E-state index contributed by atoms with van der Waals surface area (Å²) in [6.45, 7) is -0.104. The highest BCUT2D eigenvalue weighted by Gasteiger charge is 2.18. The smallest absolute Gasteiger partial charge is 0.293 e. The molecule has 0 saturated heterocycles. The van der Waals surface area contributed by atoms with Crippen LogP contribution in [0.15, 0.2) is 40.8 Å². The number of rotatable bonds is 3. The minimum atomic E-state index is -0.930. The zero-order chi connectivity index (χ0) is 15.0. The summed E-state index contributed by atoms with van der Waals surface area (Å²) in [6.07, 6.45) is 1.32. The maximum absolute atomic E-state index is 14.0. The van der Waals surface area contributed by atoms with Crippen molar-refractivity contribution in [1.29, 1.82) is 0 Å². The quantitative estimate of drug-likeness (QED) is 0.550. The minimum absolute atomic E-state index is 0.0732. The molecule has 3 rings (SSSR count). The molecule has 0 fully saturated rings. The van der Waals surface area contributed by atoms with Gasteiger partial charge in [0.15, 0.2) is 0 Å². The molecular weight excluding hydrogens is 297 g/mol. The van der Waals surface area contributed by atoms with Crippen molar-refractivity contribution in [3.05, 3.63) is 67.8 Å².